The lowest BCUT2D eigenvalue weighted by molar-refractivity contribution is -0.141. The Morgan fingerprint density at radius 2 is 1.88 bits per heavy atom. The number of carbonyl (C=O) groups is 2. The molecule has 0 spiro atoms. The Hall–Kier alpha value is -2.44. The number of fused-ring (bicyclic) bond motifs is 1. The first-order valence-electron chi connectivity index (χ1n) is 11.8. The number of rotatable bonds is 9. The molecule has 2 amide bonds. The van der Waals surface area contributed by atoms with Gasteiger partial charge in [0.1, 0.15) is 0 Å². The molecule has 1 unspecified atom stereocenters. The van der Waals surface area contributed by atoms with Crippen molar-refractivity contribution in [1.82, 2.24) is 9.80 Å². The van der Waals surface area contributed by atoms with Gasteiger partial charge in [-0.15, -0.1) is 22.7 Å². The monoisotopic (exact) mass is 480 g/mol. The van der Waals surface area contributed by atoms with Crippen molar-refractivity contribution in [2.45, 2.75) is 52.0 Å². The molecule has 3 heterocycles. The van der Waals surface area contributed by atoms with Crippen LogP contribution in [0.5, 0.6) is 0 Å². The van der Waals surface area contributed by atoms with Gasteiger partial charge in [-0.3, -0.25) is 9.59 Å². The van der Waals surface area contributed by atoms with Crippen LogP contribution in [0, 0.1) is 6.92 Å². The van der Waals surface area contributed by atoms with Crippen molar-refractivity contribution in [2.75, 3.05) is 19.6 Å². The van der Waals surface area contributed by atoms with E-state index in [4.69, 9.17) is 0 Å². The number of nitrogens with zero attached hydrogens (tertiary/aromatic N) is 2. The van der Waals surface area contributed by atoms with E-state index in [-0.39, 0.29) is 24.4 Å². The number of benzene rings is 1. The molecule has 174 valence electrons. The van der Waals surface area contributed by atoms with Gasteiger partial charge >= 0.3 is 0 Å². The standard InChI is InChI=1S/C27H32N2O2S2/c1-3-4-7-14-28(25(30)18-21-10-8-16-32-21)19-26(31)29-15-12-24-23(13-17-33-24)27(29)22-11-6-5-9-20(22)2/h5-6,8-11,13,16-17,27H,3-4,7,12,14-15,18-19H2,1-2H3. The Morgan fingerprint density at radius 1 is 1.03 bits per heavy atom. The maximum absolute atomic E-state index is 13.7. The minimum atomic E-state index is -0.0846. The molecule has 33 heavy (non-hydrogen) atoms. The van der Waals surface area contributed by atoms with Gasteiger partial charge in [0.25, 0.3) is 0 Å². The van der Waals surface area contributed by atoms with Crippen molar-refractivity contribution in [3.63, 3.8) is 0 Å². The average molecular weight is 481 g/mol. The predicted molar refractivity (Wildman–Crippen MR) is 137 cm³/mol. The fraction of sp³-hybridized carbons (Fsp3) is 0.407. The van der Waals surface area contributed by atoms with E-state index in [1.807, 2.05) is 34.5 Å². The Kier molecular flexibility index (Phi) is 7.99. The summed E-state index contributed by atoms with van der Waals surface area (Å²) in [5.74, 6) is 0.0821. The molecule has 3 aromatic rings. The predicted octanol–water partition coefficient (Wildman–Crippen LogP) is 5.85. The zero-order valence-corrected chi connectivity index (χ0v) is 21.1. The summed E-state index contributed by atoms with van der Waals surface area (Å²) in [6, 6.07) is 14.4. The zero-order valence-electron chi connectivity index (χ0n) is 19.5. The van der Waals surface area contributed by atoms with E-state index in [1.165, 1.54) is 21.6 Å². The molecular weight excluding hydrogens is 448 g/mol. The summed E-state index contributed by atoms with van der Waals surface area (Å²) in [6.07, 6.45) is 4.32. The second-order valence-electron chi connectivity index (χ2n) is 8.67. The van der Waals surface area contributed by atoms with Crippen LogP contribution in [0.1, 0.15) is 58.7 Å². The summed E-state index contributed by atoms with van der Waals surface area (Å²) in [5, 5.41) is 4.12. The Morgan fingerprint density at radius 3 is 2.64 bits per heavy atom. The first-order chi connectivity index (χ1) is 16.1. The lowest BCUT2D eigenvalue weighted by atomic mass is 9.90. The van der Waals surface area contributed by atoms with Crippen LogP contribution in [0.4, 0.5) is 0 Å². The van der Waals surface area contributed by atoms with Crippen molar-refractivity contribution >= 4 is 34.5 Å². The van der Waals surface area contributed by atoms with Crippen LogP contribution in [0.15, 0.2) is 53.2 Å². The third kappa shape index (κ3) is 5.56. The summed E-state index contributed by atoms with van der Waals surface area (Å²) in [7, 11) is 0. The van der Waals surface area contributed by atoms with Gasteiger partial charge in [-0.2, -0.15) is 0 Å². The van der Waals surface area contributed by atoms with Gasteiger partial charge in [-0.05, 0) is 59.3 Å². The normalized spacial score (nSPS) is 15.3. The van der Waals surface area contributed by atoms with Crippen LogP contribution in [-0.2, 0) is 22.4 Å². The van der Waals surface area contributed by atoms with Gasteiger partial charge < -0.3 is 9.80 Å². The third-order valence-corrected chi connectivity index (χ3v) is 8.26. The maximum atomic E-state index is 13.7. The van der Waals surface area contributed by atoms with Crippen LogP contribution in [0.2, 0.25) is 0 Å². The fourth-order valence-electron chi connectivity index (χ4n) is 4.59. The number of hydrogen-bond acceptors (Lipinski definition) is 4. The van der Waals surface area contributed by atoms with Crippen LogP contribution >= 0.6 is 22.7 Å². The van der Waals surface area contributed by atoms with Gasteiger partial charge in [0.05, 0.1) is 19.0 Å². The van der Waals surface area contributed by atoms with Crippen LogP contribution in [0.3, 0.4) is 0 Å². The van der Waals surface area contributed by atoms with Gasteiger partial charge in [-0.25, -0.2) is 0 Å². The number of aryl methyl sites for hydroxylation is 1. The number of hydrogen-bond donors (Lipinski definition) is 0. The number of unbranched alkanes of at least 4 members (excludes halogenated alkanes) is 2. The van der Waals surface area contributed by atoms with Crippen molar-refractivity contribution < 1.29 is 9.59 Å². The molecule has 0 bridgehead atoms. The summed E-state index contributed by atoms with van der Waals surface area (Å²) < 4.78 is 0. The minimum Gasteiger partial charge on any atom is -0.333 e. The first-order valence-corrected chi connectivity index (χ1v) is 13.6. The summed E-state index contributed by atoms with van der Waals surface area (Å²) in [4.78, 5) is 33.1. The number of amides is 2. The first kappa shape index (κ1) is 23.7. The van der Waals surface area contributed by atoms with E-state index >= 15 is 0 Å². The van der Waals surface area contributed by atoms with E-state index in [1.54, 1.807) is 27.6 Å². The van der Waals surface area contributed by atoms with E-state index in [0.29, 0.717) is 19.5 Å². The molecule has 2 aromatic heterocycles. The summed E-state index contributed by atoms with van der Waals surface area (Å²) in [6.45, 7) is 5.74. The quantitative estimate of drug-likeness (QED) is 0.360. The highest BCUT2D eigenvalue weighted by Gasteiger charge is 2.34. The molecule has 1 aromatic carbocycles. The Bertz CT molecular complexity index is 1070. The Balaban J connectivity index is 1.56. The van der Waals surface area contributed by atoms with Gasteiger partial charge in [0.15, 0.2) is 0 Å². The van der Waals surface area contributed by atoms with Crippen molar-refractivity contribution in [3.05, 3.63) is 79.7 Å². The molecule has 4 rings (SSSR count). The van der Waals surface area contributed by atoms with Crippen LogP contribution in [-0.4, -0.2) is 41.2 Å². The molecular formula is C27H32N2O2S2. The Labute approximate surface area is 204 Å². The van der Waals surface area contributed by atoms with Gasteiger partial charge in [0, 0.05) is 22.8 Å². The highest BCUT2D eigenvalue weighted by atomic mass is 32.1. The van der Waals surface area contributed by atoms with E-state index in [2.05, 4.69) is 37.4 Å². The highest BCUT2D eigenvalue weighted by Crippen LogP contribution is 2.39. The number of carbonyl (C=O) groups excluding carboxylic acids is 2. The molecule has 1 aliphatic heterocycles. The second kappa shape index (κ2) is 11.1. The topological polar surface area (TPSA) is 40.6 Å². The largest absolute Gasteiger partial charge is 0.333 e. The molecule has 1 atom stereocenters. The van der Waals surface area contributed by atoms with E-state index < -0.39 is 0 Å². The molecule has 0 saturated heterocycles. The number of thiophene rings is 2. The minimum absolute atomic E-state index is 0.0381. The smallest absolute Gasteiger partial charge is 0.242 e. The molecule has 1 aliphatic rings. The molecule has 0 aliphatic carbocycles. The SMILES string of the molecule is CCCCCN(CC(=O)N1CCc2sccc2C1c1ccccc1C)C(=O)Cc1cccs1. The molecule has 4 nitrogen and oxygen atoms in total. The molecule has 0 radical (unpaired) electrons. The van der Waals surface area contributed by atoms with Crippen LogP contribution in [0.25, 0.3) is 0 Å². The van der Waals surface area contributed by atoms with Gasteiger partial charge in [0.2, 0.25) is 11.8 Å². The lowest BCUT2D eigenvalue weighted by Gasteiger charge is -2.38. The van der Waals surface area contributed by atoms with Crippen molar-refractivity contribution in [2.24, 2.45) is 0 Å². The zero-order chi connectivity index (χ0) is 23.2. The van der Waals surface area contributed by atoms with Crippen molar-refractivity contribution in [1.29, 1.82) is 0 Å². The van der Waals surface area contributed by atoms with Gasteiger partial charge in [-0.1, -0.05) is 50.1 Å². The maximum Gasteiger partial charge on any atom is 0.242 e. The highest BCUT2D eigenvalue weighted by molar-refractivity contribution is 7.10. The molecule has 0 N–H and O–H groups in total. The fourth-order valence-corrected chi connectivity index (χ4v) is 6.19. The average Bonchev–Trinajstić information content (AvgIpc) is 3.50. The second-order valence-corrected chi connectivity index (χ2v) is 10.7. The lowest BCUT2D eigenvalue weighted by Crippen LogP contribution is -2.47. The molecule has 0 fully saturated rings. The molecule has 6 heteroatoms. The third-order valence-electron chi connectivity index (χ3n) is 6.39. The van der Waals surface area contributed by atoms with Crippen molar-refractivity contribution in [3.8, 4) is 0 Å². The van der Waals surface area contributed by atoms with E-state index in [9.17, 15) is 9.59 Å². The van der Waals surface area contributed by atoms with E-state index in [0.717, 1.165) is 30.6 Å². The van der Waals surface area contributed by atoms with Crippen LogP contribution < -0.4 is 0 Å². The molecule has 0 saturated carbocycles. The summed E-state index contributed by atoms with van der Waals surface area (Å²) in [5.41, 5.74) is 3.59. The summed E-state index contributed by atoms with van der Waals surface area (Å²) >= 11 is 3.37.